The van der Waals surface area contributed by atoms with Crippen LogP contribution in [0.3, 0.4) is 0 Å². The minimum absolute atomic E-state index is 0.0772. The van der Waals surface area contributed by atoms with Gasteiger partial charge < -0.3 is 18.8 Å². The van der Waals surface area contributed by atoms with Gasteiger partial charge in [-0.3, -0.25) is 4.57 Å². The summed E-state index contributed by atoms with van der Waals surface area (Å²) in [6.07, 6.45) is 1.49. The smallest absolute Gasteiger partial charge is 0.265 e. The Morgan fingerprint density at radius 2 is 1.71 bits per heavy atom. The van der Waals surface area contributed by atoms with E-state index < -0.39 is 7.82 Å². The van der Waals surface area contributed by atoms with Gasteiger partial charge >= 0.3 is 0 Å². The van der Waals surface area contributed by atoms with Crippen LogP contribution in [-0.2, 0) is 9.09 Å². The highest BCUT2D eigenvalue weighted by Crippen LogP contribution is 2.30. The molecule has 0 aromatic heterocycles. The van der Waals surface area contributed by atoms with E-state index in [1.54, 1.807) is 0 Å². The molecule has 1 N–H and O–H groups in total. The van der Waals surface area contributed by atoms with E-state index in [9.17, 15) is 9.46 Å². The van der Waals surface area contributed by atoms with Gasteiger partial charge in [0.15, 0.2) is 0 Å². The first-order valence-corrected chi connectivity index (χ1v) is 6.03. The molecule has 0 aliphatic rings. The van der Waals surface area contributed by atoms with E-state index in [2.05, 4.69) is 32.7 Å². The Bertz CT molecular complexity index is 167. The van der Waals surface area contributed by atoms with E-state index in [0.29, 0.717) is 6.42 Å². The third kappa shape index (κ3) is 40.1. The Hall–Kier alpha value is 0.0700. The van der Waals surface area contributed by atoms with E-state index in [0.717, 1.165) is 10.9 Å². The number of unbranched alkanes of at least 4 members (excludes halogenated alkanes) is 1. The predicted molar refractivity (Wildman–Crippen MR) is 54.6 cm³/mol. The van der Waals surface area contributed by atoms with Crippen molar-refractivity contribution in [2.75, 3.05) is 34.8 Å². The molecule has 6 heteroatoms. The van der Waals surface area contributed by atoms with Crippen LogP contribution < -0.4 is 4.89 Å². The molecule has 0 aromatic rings. The Kier molecular flexibility index (Phi) is 8.69. The fourth-order valence-corrected chi connectivity index (χ4v) is 0.684. The summed E-state index contributed by atoms with van der Waals surface area (Å²) in [7, 11) is 4.05. The summed E-state index contributed by atoms with van der Waals surface area (Å²) in [4.78, 5) is 17.9. The molecule has 14 heavy (non-hydrogen) atoms. The van der Waals surface area contributed by atoms with Crippen LogP contribution in [0.15, 0.2) is 0 Å². The second kappa shape index (κ2) is 7.37. The van der Waals surface area contributed by atoms with Gasteiger partial charge in [-0.2, -0.15) is 0 Å². The van der Waals surface area contributed by atoms with Crippen LogP contribution >= 0.6 is 7.82 Å². The SMILES string of the molecule is CCCCOP(=O)([O-])O.C[N+](C)(C)C. The Morgan fingerprint density at radius 1 is 1.36 bits per heavy atom. The molecule has 0 saturated heterocycles. The van der Waals surface area contributed by atoms with Gasteiger partial charge in [0.1, 0.15) is 0 Å². The summed E-state index contributed by atoms with van der Waals surface area (Å²) in [5.74, 6) is 0. The highest BCUT2D eigenvalue weighted by atomic mass is 31.2. The van der Waals surface area contributed by atoms with E-state index in [4.69, 9.17) is 4.89 Å². The quantitative estimate of drug-likeness (QED) is 0.433. The molecule has 0 bridgehead atoms. The van der Waals surface area contributed by atoms with Crippen molar-refractivity contribution < 1.29 is 23.4 Å². The zero-order valence-corrected chi connectivity index (χ0v) is 10.6. The lowest BCUT2D eigenvalue weighted by molar-refractivity contribution is -0.849. The molecule has 0 rings (SSSR count). The number of hydrogen-bond acceptors (Lipinski definition) is 3. The second-order valence-electron chi connectivity index (χ2n) is 4.34. The number of hydrogen-bond donors (Lipinski definition) is 1. The molecule has 0 radical (unpaired) electrons. The third-order valence-corrected chi connectivity index (χ3v) is 1.26. The molecule has 0 aromatic carbocycles. The molecule has 0 saturated carbocycles. The summed E-state index contributed by atoms with van der Waals surface area (Å²) in [5.41, 5.74) is 0. The normalized spacial score (nSPS) is 15.4. The molecule has 88 valence electrons. The van der Waals surface area contributed by atoms with Crippen LogP contribution in [0.2, 0.25) is 0 Å². The van der Waals surface area contributed by atoms with E-state index >= 15 is 0 Å². The molecule has 1 unspecified atom stereocenters. The summed E-state index contributed by atoms with van der Waals surface area (Å²) in [6, 6.07) is 0. The molecule has 0 aliphatic carbocycles. The molecule has 0 fully saturated rings. The molecule has 0 spiro atoms. The van der Waals surface area contributed by atoms with Crippen LogP contribution in [0.25, 0.3) is 0 Å². The zero-order chi connectivity index (χ0) is 11.8. The number of nitrogens with zero attached hydrogens (tertiary/aromatic N) is 1. The average molecular weight is 227 g/mol. The van der Waals surface area contributed by atoms with Crippen LogP contribution in [0.5, 0.6) is 0 Å². The van der Waals surface area contributed by atoms with Gasteiger partial charge in [0, 0.05) is 0 Å². The van der Waals surface area contributed by atoms with Crippen LogP contribution in [-0.4, -0.2) is 44.2 Å². The zero-order valence-electron chi connectivity index (χ0n) is 9.69. The van der Waals surface area contributed by atoms with Crippen molar-refractivity contribution in [3.8, 4) is 0 Å². The Balaban J connectivity index is 0. The Morgan fingerprint density at radius 3 is 1.93 bits per heavy atom. The predicted octanol–water partition coefficient (Wildman–Crippen LogP) is 0.586. The number of phosphoric ester groups is 1. The topological polar surface area (TPSA) is 69.6 Å². The molecular formula is C8H22NO4P. The first-order chi connectivity index (χ1) is 6.06. The van der Waals surface area contributed by atoms with E-state index in [1.807, 2.05) is 6.92 Å². The van der Waals surface area contributed by atoms with Crippen molar-refractivity contribution in [3.05, 3.63) is 0 Å². The second-order valence-corrected chi connectivity index (χ2v) is 5.53. The van der Waals surface area contributed by atoms with Crippen molar-refractivity contribution in [1.29, 1.82) is 0 Å². The van der Waals surface area contributed by atoms with Gasteiger partial charge in [-0.05, 0) is 6.42 Å². The number of rotatable bonds is 4. The maximum atomic E-state index is 9.87. The maximum Gasteiger partial charge on any atom is 0.265 e. The van der Waals surface area contributed by atoms with E-state index in [1.165, 1.54) is 0 Å². The van der Waals surface area contributed by atoms with Crippen LogP contribution in [0.1, 0.15) is 19.8 Å². The summed E-state index contributed by atoms with van der Waals surface area (Å²) >= 11 is 0. The highest BCUT2D eigenvalue weighted by molar-refractivity contribution is 7.44. The lowest BCUT2D eigenvalue weighted by atomic mass is 10.4. The lowest BCUT2D eigenvalue weighted by Crippen LogP contribution is -2.27. The minimum Gasteiger partial charge on any atom is -0.756 e. The third-order valence-electron chi connectivity index (χ3n) is 0.752. The van der Waals surface area contributed by atoms with Crippen molar-refractivity contribution in [2.45, 2.75) is 19.8 Å². The summed E-state index contributed by atoms with van der Waals surface area (Å²) in [5, 5.41) is 0. The van der Waals surface area contributed by atoms with Crippen LogP contribution in [0.4, 0.5) is 0 Å². The summed E-state index contributed by atoms with van der Waals surface area (Å²) in [6.45, 7) is 1.98. The van der Waals surface area contributed by atoms with Crippen LogP contribution in [0, 0.1) is 0 Å². The fourth-order valence-electron chi connectivity index (χ4n) is 0.324. The fraction of sp³-hybridized carbons (Fsp3) is 1.00. The van der Waals surface area contributed by atoms with Crippen molar-refractivity contribution >= 4 is 7.82 Å². The van der Waals surface area contributed by atoms with Crippen molar-refractivity contribution in [1.82, 2.24) is 0 Å². The minimum atomic E-state index is -4.45. The summed E-state index contributed by atoms with van der Waals surface area (Å²) < 4.78 is 14.9. The first-order valence-electron chi connectivity index (χ1n) is 4.53. The van der Waals surface area contributed by atoms with Crippen molar-refractivity contribution in [3.63, 3.8) is 0 Å². The average Bonchev–Trinajstić information content (AvgIpc) is 1.80. The monoisotopic (exact) mass is 227 g/mol. The Labute approximate surface area is 86.5 Å². The number of quaternary nitrogens is 1. The van der Waals surface area contributed by atoms with Gasteiger partial charge in [-0.25, -0.2) is 0 Å². The molecule has 0 heterocycles. The van der Waals surface area contributed by atoms with E-state index in [-0.39, 0.29) is 6.61 Å². The molecular weight excluding hydrogens is 205 g/mol. The van der Waals surface area contributed by atoms with Crippen molar-refractivity contribution in [2.24, 2.45) is 0 Å². The van der Waals surface area contributed by atoms with Gasteiger partial charge in [-0.1, -0.05) is 13.3 Å². The van der Waals surface area contributed by atoms with Gasteiger partial charge in [0.2, 0.25) is 0 Å². The number of phosphoric acid groups is 1. The molecule has 0 amide bonds. The largest absolute Gasteiger partial charge is 0.756 e. The molecule has 0 aliphatic heterocycles. The molecule has 1 atom stereocenters. The maximum absolute atomic E-state index is 9.87. The standard InChI is InChI=1S/C4H12N.C4H11O4P/c1-5(2,3)4;1-2-3-4-8-9(5,6)7/h1-4H3;2-4H2,1H3,(H2,5,6,7)/q+1;/p-1. The highest BCUT2D eigenvalue weighted by Gasteiger charge is 1.98. The molecule has 5 nitrogen and oxygen atoms in total. The van der Waals surface area contributed by atoms with Gasteiger partial charge in [0.25, 0.3) is 7.82 Å². The van der Waals surface area contributed by atoms with Gasteiger partial charge in [-0.15, -0.1) is 0 Å². The van der Waals surface area contributed by atoms with Gasteiger partial charge in [0.05, 0.1) is 34.8 Å². The lowest BCUT2D eigenvalue weighted by Gasteiger charge is -2.14. The first kappa shape index (κ1) is 16.5.